The zero-order valence-corrected chi connectivity index (χ0v) is 13.4. The van der Waals surface area contributed by atoms with Gasteiger partial charge in [0, 0.05) is 6.42 Å². The molecule has 0 unspecified atom stereocenters. The van der Waals surface area contributed by atoms with E-state index in [1.807, 2.05) is 13.0 Å². The zero-order chi connectivity index (χ0) is 15.7. The van der Waals surface area contributed by atoms with Gasteiger partial charge in [-0.2, -0.15) is 0 Å². The van der Waals surface area contributed by atoms with E-state index in [-0.39, 0.29) is 5.78 Å². The second-order valence-electron chi connectivity index (χ2n) is 6.71. The Balaban J connectivity index is 1.86. The van der Waals surface area contributed by atoms with Crippen molar-refractivity contribution in [1.82, 2.24) is 0 Å². The summed E-state index contributed by atoms with van der Waals surface area (Å²) in [5, 5.41) is 10.1. The highest BCUT2D eigenvalue weighted by Crippen LogP contribution is 2.40. The molecule has 118 valence electrons. The van der Waals surface area contributed by atoms with Crippen LogP contribution in [0.3, 0.4) is 0 Å². The lowest BCUT2D eigenvalue weighted by Gasteiger charge is -2.26. The number of fused-ring (bicyclic) bond motifs is 1. The van der Waals surface area contributed by atoms with Gasteiger partial charge in [-0.25, -0.2) is 0 Å². The molecule has 2 aliphatic carbocycles. The number of aryl methyl sites for hydroxylation is 1. The molecule has 2 atom stereocenters. The topological polar surface area (TPSA) is 46.5 Å². The maximum Gasteiger partial charge on any atom is 0.141 e. The molecule has 1 N–H and O–H groups in total. The van der Waals surface area contributed by atoms with Crippen LogP contribution in [0.2, 0.25) is 0 Å². The second kappa shape index (κ2) is 5.88. The molecule has 0 bridgehead atoms. The SMILES string of the molecule is COc1ccc2c(c1)CCC/C2=C\C[C@@]1(C)C(=O)CC[C@@H]1O. The average Bonchev–Trinajstić information content (AvgIpc) is 2.80. The van der Waals surface area contributed by atoms with Crippen LogP contribution in [0.25, 0.3) is 5.57 Å². The van der Waals surface area contributed by atoms with Gasteiger partial charge in [0.1, 0.15) is 11.5 Å². The first-order chi connectivity index (χ1) is 10.5. The molecular weight excluding hydrogens is 276 g/mol. The molecular formula is C19H24O3. The Labute approximate surface area is 132 Å². The summed E-state index contributed by atoms with van der Waals surface area (Å²) in [6.07, 6.45) is 6.66. The van der Waals surface area contributed by atoms with Crippen molar-refractivity contribution in [2.24, 2.45) is 5.41 Å². The fourth-order valence-electron chi connectivity index (χ4n) is 3.68. The van der Waals surface area contributed by atoms with Crippen molar-refractivity contribution in [3.05, 3.63) is 35.4 Å². The Hall–Kier alpha value is -1.61. The number of aliphatic hydroxyl groups excluding tert-OH is 1. The summed E-state index contributed by atoms with van der Waals surface area (Å²) in [4.78, 5) is 12.1. The number of methoxy groups -OCH3 is 1. The van der Waals surface area contributed by atoms with Crippen LogP contribution < -0.4 is 4.74 Å². The number of aliphatic hydroxyl groups is 1. The number of ether oxygens (including phenoxy) is 1. The van der Waals surface area contributed by atoms with Crippen LogP contribution in [-0.4, -0.2) is 24.1 Å². The van der Waals surface area contributed by atoms with Gasteiger partial charge in [-0.05, 0) is 67.9 Å². The molecule has 1 aromatic carbocycles. The Bertz CT molecular complexity index is 617. The molecule has 1 fully saturated rings. The van der Waals surface area contributed by atoms with E-state index in [9.17, 15) is 9.90 Å². The van der Waals surface area contributed by atoms with Crippen molar-refractivity contribution in [2.75, 3.05) is 7.11 Å². The predicted octanol–water partition coefficient (Wildman–Crippen LogP) is 3.54. The maximum atomic E-state index is 12.1. The van der Waals surface area contributed by atoms with Crippen LogP contribution in [0, 0.1) is 5.41 Å². The molecule has 1 saturated carbocycles. The van der Waals surface area contributed by atoms with E-state index in [4.69, 9.17) is 4.74 Å². The zero-order valence-electron chi connectivity index (χ0n) is 13.4. The third-order valence-corrected chi connectivity index (χ3v) is 5.34. The number of hydrogen-bond acceptors (Lipinski definition) is 3. The number of benzene rings is 1. The minimum atomic E-state index is -0.600. The average molecular weight is 300 g/mol. The molecule has 0 saturated heterocycles. The van der Waals surface area contributed by atoms with E-state index < -0.39 is 11.5 Å². The lowest BCUT2D eigenvalue weighted by atomic mass is 9.79. The quantitative estimate of drug-likeness (QED) is 0.929. The number of ketones is 1. The summed E-state index contributed by atoms with van der Waals surface area (Å²) in [5.41, 5.74) is 3.30. The van der Waals surface area contributed by atoms with Gasteiger partial charge < -0.3 is 9.84 Å². The molecule has 0 amide bonds. The molecule has 0 aliphatic heterocycles. The summed E-state index contributed by atoms with van der Waals surface area (Å²) in [6.45, 7) is 1.90. The monoisotopic (exact) mass is 300 g/mol. The van der Waals surface area contributed by atoms with Gasteiger partial charge >= 0.3 is 0 Å². The molecule has 0 heterocycles. The third-order valence-electron chi connectivity index (χ3n) is 5.34. The van der Waals surface area contributed by atoms with Crippen LogP contribution >= 0.6 is 0 Å². The van der Waals surface area contributed by atoms with Crippen molar-refractivity contribution in [2.45, 2.75) is 51.6 Å². The highest BCUT2D eigenvalue weighted by atomic mass is 16.5. The molecule has 3 rings (SSSR count). The van der Waals surface area contributed by atoms with Gasteiger partial charge in [-0.15, -0.1) is 0 Å². The molecule has 3 heteroatoms. The van der Waals surface area contributed by atoms with Crippen molar-refractivity contribution in [3.8, 4) is 5.75 Å². The minimum Gasteiger partial charge on any atom is -0.497 e. The summed E-state index contributed by atoms with van der Waals surface area (Å²) >= 11 is 0. The van der Waals surface area contributed by atoms with Crippen molar-refractivity contribution < 1.29 is 14.6 Å². The first-order valence-corrected chi connectivity index (χ1v) is 8.12. The summed E-state index contributed by atoms with van der Waals surface area (Å²) in [7, 11) is 1.69. The Morgan fingerprint density at radius 3 is 2.86 bits per heavy atom. The standard InChI is InChI=1S/C19H24O3/c1-19(17(20)8-9-18(19)21)11-10-13-4-3-5-14-12-15(22-2)6-7-16(13)14/h6-7,10,12,17,20H,3-5,8-9,11H2,1-2H3/b13-10+/t17-,19+/m0/s1. The van der Waals surface area contributed by atoms with Gasteiger partial charge in [0.2, 0.25) is 0 Å². The van der Waals surface area contributed by atoms with Crippen LogP contribution in [0.5, 0.6) is 5.75 Å². The van der Waals surface area contributed by atoms with Gasteiger partial charge in [-0.3, -0.25) is 4.79 Å². The minimum absolute atomic E-state index is 0.197. The molecule has 22 heavy (non-hydrogen) atoms. The Morgan fingerprint density at radius 2 is 2.18 bits per heavy atom. The van der Waals surface area contributed by atoms with Crippen LogP contribution in [-0.2, 0) is 11.2 Å². The number of carbonyl (C=O) groups is 1. The van der Waals surface area contributed by atoms with Gasteiger partial charge in [0.05, 0.1) is 18.6 Å². The van der Waals surface area contributed by atoms with E-state index >= 15 is 0 Å². The van der Waals surface area contributed by atoms with E-state index in [1.54, 1.807) is 7.11 Å². The number of hydrogen-bond donors (Lipinski definition) is 1. The predicted molar refractivity (Wildman–Crippen MR) is 86.9 cm³/mol. The van der Waals surface area contributed by atoms with Crippen molar-refractivity contribution in [1.29, 1.82) is 0 Å². The summed E-state index contributed by atoms with van der Waals surface area (Å²) in [6, 6.07) is 6.23. The van der Waals surface area contributed by atoms with E-state index in [1.165, 1.54) is 16.7 Å². The molecule has 0 radical (unpaired) electrons. The van der Waals surface area contributed by atoms with Crippen molar-refractivity contribution in [3.63, 3.8) is 0 Å². The fourth-order valence-corrected chi connectivity index (χ4v) is 3.68. The summed E-state index contributed by atoms with van der Waals surface area (Å²) in [5.74, 6) is 1.09. The Morgan fingerprint density at radius 1 is 1.36 bits per heavy atom. The van der Waals surface area contributed by atoms with E-state index in [0.717, 1.165) is 25.0 Å². The summed E-state index contributed by atoms with van der Waals surface area (Å²) < 4.78 is 5.30. The molecule has 0 aromatic heterocycles. The fraction of sp³-hybridized carbons (Fsp3) is 0.526. The van der Waals surface area contributed by atoms with Crippen molar-refractivity contribution >= 4 is 11.4 Å². The lowest BCUT2D eigenvalue weighted by Crippen LogP contribution is -2.32. The molecule has 1 aromatic rings. The first-order valence-electron chi connectivity index (χ1n) is 8.12. The Kier molecular flexibility index (Phi) is 4.09. The lowest BCUT2D eigenvalue weighted by molar-refractivity contribution is -0.127. The van der Waals surface area contributed by atoms with Gasteiger partial charge in [0.15, 0.2) is 0 Å². The number of carbonyl (C=O) groups excluding carboxylic acids is 1. The number of rotatable bonds is 3. The van der Waals surface area contributed by atoms with Gasteiger partial charge in [-0.1, -0.05) is 12.1 Å². The van der Waals surface area contributed by atoms with E-state index in [0.29, 0.717) is 19.3 Å². The second-order valence-corrected chi connectivity index (χ2v) is 6.71. The maximum absolute atomic E-state index is 12.1. The first kappa shape index (κ1) is 15.3. The van der Waals surface area contributed by atoms with Crippen LogP contribution in [0.4, 0.5) is 0 Å². The number of Topliss-reactive ketones (excluding diaryl/α,β-unsaturated/α-hetero) is 1. The smallest absolute Gasteiger partial charge is 0.141 e. The highest BCUT2D eigenvalue weighted by molar-refractivity contribution is 5.88. The van der Waals surface area contributed by atoms with Crippen LogP contribution in [0.1, 0.15) is 50.2 Å². The highest BCUT2D eigenvalue weighted by Gasteiger charge is 2.44. The number of allylic oxidation sites excluding steroid dienone is 2. The van der Waals surface area contributed by atoms with E-state index in [2.05, 4.69) is 18.2 Å². The third kappa shape index (κ3) is 2.58. The van der Waals surface area contributed by atoms with Gasteiger partial charge in [0.25, 0.3) is 0 Å². The molecule has 0 spiro atoms. The molecule has 2 aliphatic rings. The van der Waals surface area contributed by atoms with Crippen LogP contribution in [0.15, 0.2) is 24.3 Å². The normalized spacial score (nSPS) is 29.7. The molecule has 3 nitrogen and oxygen atoms in total. The largest absolute Gasteiger partial charge is 0.497 e.